The summed E-state index contributed by atoms with van der Waals surface area (Å²) in [7, 11) is 0. The SMILES string of the molecule is O=C(CN1C(=O)[C@]2(SCC(=O)N2c2ccc(F)c(F)c2)c2ccccc21)NCCc1ccccc1. The van der Waals surface area contributed by atoms with Gasteiger partial charge in [0, 0.05) is 23.9 Å². The van der Waals surface area contributed by atoms with E-state index in [1.54, 1.807) is 24.3 Å². The number of halogens is 2. The Morgan fingerprint density at radius 3 is 2.49 bits per heavy atom. The molecule has 2 aliphatic heterocycles. The van der Waals surface area contributed by atoms with Gasteiger partial charge in [-0.1, -0.05) is 48.5 Å². The van der Waals surface area contributed by atoms with Crippen molar-refractivity contribution in [3.05, 3.63) is 95.6 Å². The second kappa shape index (κ2) is 9.14. The van der Waals surface area contributed by atoms with Crippen LogP contribution >= 0.6 is 11.8 Å². The molecule has 6 nitrogen and oxygen atoms in total. The first-order chi connectivity index (χ1) is 16.9. The van der Waals surface area contributed by atoms with Crippen molar-refractivity contribution in [2.45, 2.75) is 11.3 Å². The van der Waals surface area contributed by atoms with Gasteiger partial charge in [0.25, 0.3) is 5.91 Å². The van der Waals surface area contributed by atoms with Gasteiger partial charge in [-0.15, -0.1) is 11.8 Å². The van der Waals surface area contributed by atoms with Crippen LogP contribution < -0.4 is 15.1 Å². The van der Waals surface area contributed by atoms with Gasteiger partial charge in [0.1, 0.15) is 6.54 Å². The number of thioether (sulfide) groups is 1. The van der Waals surface area contributed by atoms with E-state index in [1.165, 1.54) is 15.9 Å². The van der Waals surface area contributed by atoms with E-state index in [0.29, 0.717) is 24.2 Å². The van der Waals surface area contributed by atoms with E-state index in [4.69, 9.17) is 0 Å². The molecule has 2 aliphatic rings. The zero-order chi connectivity index (χ0) is 24.6. The van der Waals surface area contributed by atoms with E-state index in [2.05, 4.69) is 5.32 Å². The highest BCUT2D eigenvalue weighted by Crippen LogP contribution is 2.55. The Kier molecular flexibility index (Phi) is 6.02. The molecule has 0 bridgehead atoms. The van der Waals surface area contributed by atoms with Crippen molar-refractivity contribution in [2.75, 3.05) is 28.6 Å². The van der Waals surface area contributed by atoms with Gasteiger partial charge in [0.15, 0.2) is 11.6 Å². The molecule has 3 aromatic rings. The van der Waals surface area contributed by atoms with E-state index in [-0.39, 0.29) is 23.9 Å². The maximum Gasteiger partial charge on any atom is 0.269 e. The molecule has 1 saturated heterocycles. The maximum atomic E-state index is 14.0. The van der Waals surface area contributed by atoms with Gasteiger partial charge in [-0.3, -0.25) is 24.2 Å². The van der Waals surface area contributed by atoms with Gasteiger partial charge in [0.05, 0.1) is 11.4 Å². The molecule has 5 rings (SSSR count). The second-order valence-corrected chi connectivity index (χ2v) is 9.42. The van der Waals surface area contributed by atoms with Gasteiger partial charge < -0.3 is 5.32 Å². The fourth-order valence-electron chi connectivity index (χ4n) is 4.53. The first-order valence-corrected chi connectivity index (χ1v) is 12.0. The minimum absolute atomic E-state index is 0.0177. The van der Waals surface area contributed by atoms with Crippen LogP contribution in [-0.4, -0.2) is 36.6 Å². The monoisotopic (exact) mass is 493 g/mol. The fourth-order valence-corrected chi connectivity index (χ4v) is 5.89. The van der Waals surface area contributed by atoms with Crippen molar-refractivity contribution in [3.8, 4) is 0 Å². The van der Waals surface area contributed by atoms with Gasteiger partial charge in [-0.25, -0.2) is 8.78 Å². The first kappa shape index (κ1) is 23.0. The molecule has 0 aliphatic carbocycles. The average Bonchev–Trinajstić information content (AvgIpc) is 3.32. The Morgan fingerprint density at radius 1 is 0.971 bits per heavy atom. The van der Waals surface area contributed by atoms with E-state index in [0.717, 1.165) is 29.5 Å². The standard InChI is InChI=1S/C26H21F2N3O3S/c27-20-11-10-18(14-21(20)28)31-24(33)16-35-26(31)19-8-4-5-9-22(19)30(25(26)34)15-23(32)29-13-12-17-6-2-1-3-7-17/h1-11,14H,12-13,15-16H2,(H,29,32)/t26-/m1/s1. The van der Waals surface area contributed by atoms with Gasteiger partial charge in [-0.05, 0) is 30.2 Å². The van der Waals surface area contributed by atoms with Crippen molar-refractivity contribution >= 4 is 40.9 Å². The minimum atomic E-state index is -1.50. The molecular weight excluding hydrogens is 472 g/mol. The lowest BCUT2D eigenvalue weighted by Crippen LogP contribution is -2.51. The number of amides is 3. The Balaban J connectivity index is 1.42. The van der Waals surface area contributed by atoms with Crippen LogP contribution in [-0.2, 0) is 25.7 Å². The van der Waals surface area contributed by atoms with Crippen LogP contribution in [0, 0.1) is 11.6 Å². The molecule has 0 unspecified atom stereocenters. The number of hydrogen-bond acceptors (Lipinski definition) is 4. The van der Waals surface area contributed by atoms with Crippen LogP contribution in [0.15, 0.2) is 72.8 Å². The zero-order valence-electron chi connectivity index (χ0n) is 18.5. The van der Waals surface area contributed by atoms with Gasteiger partial charge in [-0.2, -0.15) is 0 Å². The summed E-state index contributed by atoms with van der Waals surface area (Å²) in [4.78, 5) is 40.6. The summed E-state index contributed by atoms with van der Waals surface area (Å²) in [5, 5.41) is 2.84. The number of anilines is 2. The van der Waals surface area contributed by atoms with Crippen molar-refractivity contribution in [1.82, 2.24) is 5.32 Å². The number of benzene rings is 3. The van der Waals surface area contributed by atoms with Crippen molar-refractivity contribution < 1.29 is 23.2 Å². The predicted molar refractivity (Wildman–Crippen MR) is 130 cm³/mol. The Bertz CT molecular complexity index is 1320. The third-order valence-electron chi connectivity index (χ3n) is 6.11. The summed E-state index contributed by atoms with van der Waals surface area (Å²) < 4.78 is 27.6. The number of nitrogens with one attached hydrogen (secondary N) is 1. The predicted octanol–water partition coefficient (Wildman–Crippen LogP) is 3.60. The lowest BCUT2D eigenvalue weighted by Gasteiger charge is -2.33. The topological polar surface area (TPSA) is 69.7 Å². The van der Waals surface area contributed by atoms with Gasteiger partial charge in [0.2, 0.25) is 16.7 Å². The van der Waals surface area contributed by atoms with Crippen LogP contribution in [0.4, 0.5) is 20.2 Å². The Hall–Kier alpha value is -3.72. The highest BCUT2D eigenvalue weighted by atomic mass is 32.2. The summed E-state index contributed by atoms with van der Waals surface area (Å²) in [6.07, 6.45) is 0.648. The molecule has 1 spiro atoms. The fraction of sp³-hybridized carbons (Fsp3) is 0.192. The summed E-state index contributed by atoms with van der Waals surface area (Å²) in [6, 6.07) is 19.8. The lowest BCUT2D eigenvalue weighted by molar-refractivity contribution is -0.125. The molecule has 2 heterocycles. The van der Waals surface area contributed by atoms with Crippen molar-refractivity contribution in [3.63, 3.8) is 0 Å². The van der Waals surface area contributed by atoms with Gasteiger partial charge >= 0.3 is 0 Å². The molecule has 9 heteroatoms. The third kappa shape index (κ3) is 3.95. The Labute approximate surface area is 204 Å². The third-order valence-corrected chi connectivity index (χ3v) is 7.49. The number of hydrogen-bond donors (Lipinski definition) is 1. The molecule has 3 aromatic carbocycles. The smallest absolute Gasteiger partial charge is 0.269 e. The lowest BCUT2D eigenvalue weighted by atomic mass is 10.0. The summed E-state index contributed by atoms with van der Waals surface area (Å²) in [5.74, 6) is -3.40. The molecule has 0 radical (unpaired) electrons. The molecule has 0 aromatic heterocycles. The van der Waals surface area contributed by atoms with Crippen LogP contribution in [0.5, 0.6) is 0 Å². The Morgan fingerprint density at radius 2 is 1.71 bits per heavy atom. The summed E-state index contributed by atoms with van der Waals surface area (Å²) in [6.45, 7) is 0.179. The number of fused-ring (bicyclic) bond motifs is 2. The molecule has 1 fully saturated rings. The van der Waals surface area contributed by atoms with Crippen LogP contribution in [0.25, 0.3) is 0 Å². The quantitative estimate of drug-likeness (QED) is 0.570. The number of carbonyl (C=O) groups excluding carboxylic acids is 3. The molecule has 0 saturated carbocycles. The molecule has 178 valence electrons. The highest BCUT2D eigenvalue weighted by molar-refractivity contribution is 8.02. The maximum absolute atomic E-state index is 14.0. The number of nitrogens with zero attached hydrogens (tertiary/aromatic N) is 2. The van der Waals surface area contributed by atoms with Crippen LogP contribution in [0.2, 0.25) is 0 Å². The molecule has 35 heavy (non-hydrogen) atoms. The normalized spacial score (nSPS) is 18.9. The van der Waals surface area contributed by atoms with E-state index in [1.807, 2.05) is 30.3 Å². The number of rotatable bonds is 6. The summed E-state index contributed by atoms with van der Waals surface area (Å²) >= 11 is 1.11. The second-order valence-electron chi connectivity index (χ2n) is 8.25. The number of carbonyl (C=O) groups is 3. The van der Waals surface area contributed by atoms with E-state index < -0.39 is 28.3 Å². The largest absolute Gasteiger partial charge is 0.354 e. The molecular formula is C26H21F2N3O3S. The molecule has 3 amide bonds. The van der Waals surface area contributed by atoms with E-state index in [9.17, 15) is 23.2 Å². The highest BCUT2D eigenvalue weighted by Gasteiger charge is 2.61. The van der Waals surface area contributed by atoms with Crippen molar-refractivity contribution in [2.24, 2.45) is 0 Å². The first-order valence-electron chi connectivity index (χ1n) is 11.1. The van der Waals surface area contributed by atoms with Crippen LogP contribution in [0.3, 0.4) is 0 Å². The van der Waals surface area contributed by atoms with Crippen LogP contribution in [0.1, 0.15) is 11.1 Å². The molecule has 1 N–H and O–H groups in total. The van der Waals surface area contributed by atoms with E-state index >= 15 is 0 Å². The average molecular weight is 494 g/mol. The summed E-state index contributed by atoms with van der Waals surface area (Å²) in [5.41, 5.74) is 2.20. The van der Waals surface area contributed by atoms with Crippen molar-refractivity contribution in [1.29, 1.82) is 0 Å². The molecule has 1 atom stereocenters. The number of para-hydroxylation sites is 1. The zero-order valence-corrected chi connectivity index (χ0v) is 19.4. The minimum Gasteiger partial charge on any atom is -0.354 e.